The van der Waals surface area contributed by atoms with Gasteiger partial charge in [-0.1, -0.05) is 65.7 Å². The highest BCUT2D eigenvalue weighted by Crippen LogP contribution is 2.43. The predicted molar refractivity (Wildman–Crippen MR) is 126 cm³/mol. The van der Waals surface area contributed by atoms with Crippen LogP contribution in [0.15, 0.2) is 75.9 Å². The van der Waals surface area contributed by atoms with Crippen molar-refractivity contribution in [2.75, 3.05) is 0 Å². The minimum atomic E-state index is -0.485. The first-order valence-corrected chi connectivity index (χ1v) is 10.6. The first-order chi connectivity index (χ1) is 15.4. The maximum atomic E-state index is 13.3. The molecule has 0 saturated heterocycles. The van der Waals surface area contributed by atoms with E-state index in [4.69, 9.17) is 4.42 Å². The Morgan fingerprint density at radius 1 is 0.906 bits per heavy atom. The molecule has 1 heterocycles. The molecule has 5 rings (SSSR count). The lowest BCUT2D eigenvalue weighted by Gasteiger charge is -2.26. The lowest BCUT2D eigenvalue weighted by molar-refractivity contribution is 0.0971. The quantitative estimate of drug-likeness (QED) is 0.428. The molecule has 3 aromatic carbocycles. The van der Waals surface area contributed by atoms with Crippen LogP contribution in [0.2, 0.25) is 0 Å². The molecule has 0 aliphatic heterocycles. The van der Waals surface area contributed by atoms with Gasteiger partial charge in [0.05, 0.1) is 0 Å². The summed E-state index contributed by atoms with van der Waals surface area (Å²) in [6, 6.07) is 20.8. The molecule has 0 saturated carbocycles. The van der Waals surface area contributed by atoms with E-state index in [2.05, 4.69) is 0 Å². The third kappa shape index (κ3) is 3.34. The SMILES string of the molecule is Cc1ccc(/C=C2/c3oc4cccc(O)c4c(=O)c3C(=O)CC2c2ccc(C)cc2)cc1. The summed E-state index contributed by atoms with van der Waals surface area (Å²) in [5.41, 5.74) is 4.81. The van der Waals surface area contributed by atoms with Crippen LogP contribution in [0.1, 0.15) is 50.7 Å². The first-order valence-electron chi connectivity index (χ1n) is 10.6. The smallest absolute Gasteiger partial charge is 0.207 e. The van der Waals surface area contributed by atoms with E-state index >= 15 is 0 Å². The number of phenolic OH excluding ortho intramolecular Hbond substituents is 1. The molecule has 1 N–H and O–H groups in total. The van der Waals surface area contributed by atoms with E-state index in [9.17, 15) is 14.7 Å². The number of aryl methyl sites for hydroxylation is 2. The molecule has 32 heavy (non-hydrogen) atoms. The van der Waals surface area contributed by atoms with Gasteiger partial charge in [-0.15, -0.1) is 0 Å². The van der Waals surface area contributed by atoms with Crippen LogP contribution in [0.5, 0.6) is 5.75 Å². The second kappa shape index (κ2) is 7.65. The number of phenols is 1. The third-order valence-corrected chi connectivity index (χ3v) is 6.08. The number of benzene rings is 3. The number of carbonyl (C=O) groups excluding carboxylic acids is 1. The molecule has 1 unspecified atom stereocenters. The van der Waals surface area contributed by atoms with E-state index in [-0.39, 0.29) is 46.2 Å². The van der Waals surface area contributed by atoms with Crippen molar-refractivity contribution in [3.63, 3.8) is 0 Å². The number of Topliss-reactive ketones (excluding diaryl/α,β-unsaturated/α-hetero) is 1. The van der Waals surface area contributed by atoms with Gasteiger partial charge in [0.2, 0.25) is 5.43 Å². The second-order valence-electron chi connectivity index (χ2n) is 8.39. The number of allylic oxidation sites excluding steroid dienone is 1. The third-order valence-electron chi connectivity index (χ3n) is 6.08. The van der Waals surface area contributed by atoms with Gasteiger partial charge in [0.25, 0.3) is 0 Å². The van der Waals surface area contributed by atoms with Gasteiger partial charge in [-0.2, -0.15) is 0 Å². The van der Waals surface area contributed by atoms with E-state index < -0.39 is 5.43 Å². The van der Waals surface area contributed by atoms with E-state index in [1.54, 1.807) is 12.1 Å². The highest BCUT2D eigenvalue weighted by Gasteiger charge is 2.35. The molecule has 4 aromatic rings. The number of hydrogen-bond acceptors (Lipinski definition) is 4. The number of aromatic hydroxyl groups is 1. The summed E-state index contributed by atoms with van der Waals surface area (Å²) in [6.07, 6.45) is 2.16. The molecule has 0 radical (unpaired) electrons. The maximum Gasteiger partial charge on any atom is 0.207 e. The largest absolute Gasteiger partial charge is 0.507 e. The predicted octanol–water partition coefficient (Wildman–Crippen LogP) is 6.03. The molecule has 158 valence electrons. The van der Waals surface area contributed by atoms with Crippen molar-refractivity contribution in [1.29, 1.82) is 0 Å². The Labute approximate surface area is 185 Å². The maximum absolute atomic E-state index is 13.3. The van der Waals surface area contributed by atoms with E-state index in [0.717, 1.165) is 27.8 Å². The average Bonchev–Trinajstić information content (AvgIpc) is 2.77. The van der Waals surface area contributed by atoms with Crippen LogP contribution < -0.4 is 5.43 Å². The fourth-order valence-electron chi connectivity index (χ4n) is 4.34. The van der Waals surface area contributed by atoms with Crippen LogP contribution in [0.3, 0.4) is 0 Å². The molecule has 1 aliphatic carbocycles. The van der Waals surface area contributed by atoms with Gasteiger partial charge >= 0.3 is 0 Å². The number of hydrogen-bond donors (Lipinski definition) is 1. The fraction of sp³-hybridized carbons (Fsp3) is 0.143. The van der Waals surface area contributed by atoms with Gasteiger partial charge in [-0.25, -0.2) is 0 Å². The number of rotatable bonds is 2. The Bertz CT molecular complexity index is 1440. The summed E-state index contributed by atoms with van der Waals surface area (Å²) in [4.78, 5) is 26.5. The van der Waals surface area contributed by atoms with E-state index in [1.807, 2.05) is 68.5 Å². The minimum Gasteiger partial charge on any atom is -0.507 e. The lowest BCUT2D eigenvalue weighted by atomic mass is 9.77. The van der Waals surface area contributed by atoms with Gasteiger partial charge in [0.1, 0.15) is 28.0 Å². The number of carbonyl (C=O) groups is 1. The summed E-state index contributed by atoms with van der Waals surface area (Å²) in [5.74, 6) is -0.410. The number of fused-ring (bicyclic) bond motifs is 2. The molecule has 0 amide bonds. The Morgan fingerprint density at radius 3 is 2.25 bits per heavy atom. The van der Waals surface area contributed by atoms with Crippen LogP contribution in [-0.4, -0.2) is 10.9 Å². The average molecular weight is 422 g/mol. The van der Waals surface area contributed by atoms with Gasteiger partial charge in [-0.05, 0) is 43.2 Å². The zero-order valence-corrected chi connectivity index (χ0v) is 17.9. The van der Waals surface area contributed by atoms with Crippen LogP contribution >= 0.6 is 0 Å². The monoisotopic (exact) mass is 422 g/mol. The van der Waals surface area contributed by atoms with Crippen molar-refractivity contribution in [1.82, 2.24) is 0 Å². The molecule has 0 fully saturated rings. The molecular weight excluding hydrogens is 400 g/mol. The molecular formula is C28H22O4. The Kier molecular flexibility index (Phi) is 4.78. The lowest BCUT2D eigenvalue weighted by Crippen LogP contribution is -2.25. The van der Waals surface area contributed by atoms with Gasteiger partial charge in [0.15, 0.2) is 5.78 Å². The molecule has 0 bridgehead atoms. The van der Waals surface area contributed by atoms with E-state index in [0.29, 0.717) is 0 Å². The second-order valence-corrected chi connectivity index (χ2v) is 8.39. The van der Waals surface area contributed by atoms with Gasteiger partial charge < -0.3 is 9.52 Å². The first kappa shape index (κ1) is 20.0. The normalized spacial score (nSPS) is 17.0. The number of ketones is 1. The summed E-state index contributed by atoms with van der Waals surface area (Å²) in [7, 11) is 0. The standard InChI is InChI=1S/C28H22O4/c1-16-6-10-18(11-7-16)14-21-20(19-12-8-17(2)9-13-19)15-23(30)26-27(31)25-22(29)4-3-5-24(25)32-28(21)26/h3-14,20,29H,15H2,1-2H3/b21-14+. The van der Waals surface area contributed by atoms with Crippen molar-refractivity contribution in [3.05, 3.63) is 111 Å². The molecule has 4 heteroatoms. The van der Waals surface area contributed by atoms with Crippen molar-refractivity contribution >= 4 is 28.4 Å². The molecule has 0 spiro atoms. The summed E-state index contributed by atoms with van der Waals surface area (Å²) < 4.78 is 6.15. The summed E-state index contributed by atoms with van der Waals surface area (Å²) in [6.45, 7) is 4.05. The topological polar surface area (TPSA) is 67.5 Å². The van der Waals surface area contributed by atoms with Crippen molar-refractivity contribution in [2.45, 2.75) is 26.2 Å². The van der Waals surface area contributed by atoms with Crippen LogP contribution in [0.25, 0.3) is 22.6 Å². The molecule has 1 aromatic heterocycles. The Hall–Kier alpha value is -3.92. The molecule has 1 atom stereocenters. The minimum absolute atomic E-state index is 0.0146. The molecule has 4 nitrogen and oxygen atoms in total. The van der Waals surface area contributed by atoms with Crippen LogP contribution in [-0.2, 0) is 0 Å². The van der Waals surface area contributed by atoms with Crippen LogP contribution in [0.4, 0.5) is 0 Å². The Morgan fingerprint density at radius 2 is 1.56 bits per heavy atom. The summed E-state index contributed by atoms with van der Waals surface area (Å²) >= 11 is 0. The van der Waals surface area contributed by atoms with Gasteiger partial charge in [0, 0.05) is 17.9 Å². The zero-order valence-electron chi connectivity index (χ0n) is 17.9. The van der Waals surface area contributed by atoms with Crippen molar-refractivity contribution in [2.24, 2.45) is 0 Å². The molecule has 1 aliphatic rings. The highest BCUT2D eigenvalue weighted by molar-refractivity contribution is 6.08. The van der Waals surface area contributed by atoms with Crippen LogP contribution in [0, 0.1) is 13.8 Å². The van der Waals surface area contributed by atoms with Gasteiger partial charge in [-0.3, -0.25) is 9.59 Å². The van der Waals surface area contributed by atoms with Crippen molar-refractivity contribution < 1.29 is 14.3 Å². The summed E-state index contributed by atoms with van der Waals surface area (Å²) in [5, 5.41) is 10.3. The highest BCUT2D eigenvalue weighted by atomic mass is 16.3. The Balaban J connectivity index is 1.81. The zero-order chi connectivity index (χ0) is 22.4. The fourth-order valence-corrected chi connectivity index (χ4v) is 4.34. The van der Waals surface area contributed by atoms with Crippen molar-refractivity contribution in [3.8, 4) is 5.75 Å². The van der Waals surface area contributed by atoms with E-state index in [1.165, 1.54) is 6.07 Å².